The minimum Gasteiger partial charge on any atom is -1.00 e. The number of thiophene rings is 1. The van der Waals surface area contributed by atoms with Crippen LogP contribution in [0.15, 0.2) is 33.4 Å². The number of alkyl halides is 2. The van der Waals surface area contributed by atoms with Gasteiger partial charge in [-0.15, -0.1) is 11.3 Å². The molecule has 128 valence electrons. The molecule has 3 rings (SSSR count). The van der Waals surface area contributed by atoms with Gasteiger partial charge in [-0.3, -0.25) is 0 Å². The van der Waals surface area contributed by atoms with Crippen molar-refractivity contribution >= 4 is 45.1 Å². The Morgan fingerprint density at radius 1 is 1.25 bits per heavy atom. The normalized spacial score (nSPS) is 10.8. The maximum absolute atomic E-state index is 12.3. The lowest BCUT2D eigenvalue weighted by molar-refractivity contribution is -0.0499. The van der Waals surface area contributed by atoms with E-state index in [4.69, 9.17) is 11.5 Å². The summed E-state index contributed by atoms with van der Waals surface area (Å²) in [5, 5.41) is 0.770. The molecule has 0 saturated heterocycles. The summed E-state index contributed by atoms with van der Waals surface area (Å²) in [5.74, 6) is 0.579. The highest BCUT2D eigenvalue weighted by Gasteiger charge is 2.15. The van der Waals surface area contributed by atoms with Crippen molar-refractivity contribution in [2.24, 2.45) is 0 Å². The highest BCUT2D eigenvalue weighted by molar-refractivity contribution is 8.01. The minimum absolute atomic E-state index is 0. The fraction of sp³-hybridized carbons (Fsp3) is 0.143. The second kappa shape index (κ2) is 7.14. The number of nitrogens with zero attached hydrogens (tertiary/aromatic N) is 2. The van der Waals surface area contributed by atoms with E-state index >= 15 is 0 Å². The topological polar surface area (TPSA) is 87.0 Å². The second-order valence-electron chi connectivity index (χ2n) is 4.62. The summed E-state index contributed by atoms with van der Waals surface area (Å²) >= 11 is 2.85. The molecule has 0 saturated carbocycles. The molecule has 24 heavy (non-hydrogen) atoms. The molecule has 0 aliphatic heterocycles. The summed E-state index contributed by atoms with van der Waals surface area (Å²) in [4.78, 5) is 9.63. The number of anilines is 2. The van der Waals surface area contributed by atoms with Gasteiger partial charge in [0, 0.05) is 4.90 Å². The SMILES string of the molecule is Cc1c(Sc2cccc(OC(F)F)c2)sc2nc(N)nc(N)c12.[F-]. The maximum atomic E-state index is 12.3. The summed E-state index contributed by atoms with van der Waals surface area (Å²) in [6, 6.07) is 6.52. The molecule has 2 heterocycles. The number of benzene rings is 1. The van der Waals surface area contributed by atoms with E-state index in [1.54, 1.807) is 12.1 Å². The maximum Gasteiger partial charge on any atom is 0.387 e. The molecule has 0 unspecified atom stereocenters. The molecule has 5 nitrogen and oxygen atoms in total. The third-order valence-electron chi connectivity index (χ3n) is 3.03. The molecule has 1 aromatic carbocycles. The van der Waals surface area contributed by atoms with Crippen LogP contribution in [0, 0.1) is 6.92 Å². The average molecular weight is 373 g/mol. The Bertz CT molecular complexity index is 873. The van der Waals surface area contributed by atoms with E-state index in [-0.39, 0.29) is 16.4 Å². The van der Waals surface area contributed by atoms with E-state index in [0.717, 1.165) is 20.1 Å². The number of ether oxygens (including phenoxy) is 1. The van der Waals surface area contributed by atoms with E-state index in [1.165, 1.54) is 29.2 Å². The van der Waals surface area contributed by atoms with Crippen LogP contribution in [0.3, 0.4) is 0 Å². The Morgan fingerprint density at radius 3 is 2.71 bits per heavy atom. The molecule has 0 amide bonds. The molecule has 4 N–H and O–H groups in total. The van der Waals surface area contributed by atoms with Crippen molar-refractivity contribution in [3.05, 3.63) is 29.8 Å². The largest absolute Gasteiger partial charge is 1.00 e. The molecule has 3 aromatic rings. The van der Waals surface area contributed by atoms with E-state index in [9.17, 15) is 8.78 Å². The van der Waals surface area contributed by atoms with Crippen LogP contribution in [0.4, 0.5) is 20.5 Å². The van der Waals surface area contributed by atoms with Crippen LogP contribution >= 0.6 is 23.1 Å². The molecule has 0 fully saturated rings. The number of halogens is 3. The van der Waals surface area contributed by atoms with Gasteiger partial charge in [-0.2, -0.15) is 13.8 Å². The first-order valence-electron chi connectivity index (χ1n) is 6.49. The zero-order chi connectivity index (χ0) is 16.6. The summed E-state index contributed by atoms with van der Waals surface area (Å²) in [6.07, 6.45) is 0. The monoisotopic (exact) mass is 373 g/mol. The smallest absolute Gasteiger partial charge is 0.387 e. The fourth-order valence-electron chi connectivity index (χ4n) is 2.08. The van der Waals surface area contributed by atoms with Gasteiger partial charge in [0.1, 0.15) is 16.4 Å². The van der Waals surface area contributed by atoms with Gasteiger partial charge in [-0.05, 0) is 30.7 Å². The zero-order valence-electron chi connectivity index (χ0n) is 12.3. The quantitative estimate of drug-likeness (QED) is 0.707. The zero-order valence-corrected chi connectivity index (χ0v) is 13.9. The van der Waals surface area contributed by atoms with E-state index in [1.807, 2.05) is 13.0 Å². The van der Waals surface area contributed by atoms with Gasteiger partial charge >= 0.3 is 6.61 Å². The van der Waals surface area contributed by atoms with Gasteiger partial charge in [-0.1, -0.05) is 17.8 Å². The number of hydrogen-bond acceptors (Lipinski definition) is 7. The number of hydrogen-bond donors (Lipinski definition) is 2. The third-order valence-corrected chi connectivity index (χ3v) is 5.49. The highest BCUT2D eigenvalue weighted by atomic mass is 32.2. The summed E-state index contributed by atoms with van der Waals surface area (Å²) in [6.45, 7) is -0.935. The molecule has 0 spiro atoms. The van der Waals surface area contributed by atoms with Gasteiger partial charge in [0.15, 0.2) is 0 Å². The Morgan fingerprint density at radius 2 is 2.00 bits per heavy atom. The van der Waals surface area contributed by atoms with Crippen LogP contribution in [0.1, 0.15) is 5.56 Å². The standard InChI is InChI=1S/C14H12F2N4OS2.FH/c1-6-9-10(17)19-14(18)20-11(9)23-12(6)22-8-4-2-3-7(5-8)21-13(15)16;/h2-5,13H,1H3,(H4,17,18,19,20);1H/p-1. The van der Waals surface area contributed by atoms with Gasteiger partial charge in [0.25, 0.3) is 0 Å². The average Bonchev–Trinajstić information content (AvgIpc) is 2.74. The number of nitrogens with two attached hydrogens (primary N) is 2. The van der Waals surface area contributed by atoms with Crippen LogP contribution in [0.25, 0.3) is 10.2 Å². The number of aryl methyl sites for hydroxylation is 1. The molecule has 0 aliphatic rings. The Kier molecular flexibility index (Phi) is 5.40. The van der Waals surface area contributed by atoms with Gasteiger partial charge < -0.3 is 20.9 Å². The van der Waals surface area contributed by atoms with Gasteiger partial charge in [0.05, 0.1) is 9.60 Å². The lowest BCUT2D eigenvalue weighted by Crippen LogP contribution is -3.00. The Hall–Kier alpha value is -2.20. The van der Waals surface area contributed by atoms with Crippen LogP contribution < -0.4 is 20.9 Å². The van der Waals surface area contributed by atoms with Crippen LogP contribution in [-0.2, 0) is 0 Å². The van der Waals surface area contributed by atoms with Gasteiger partial charge in [-0.25, -0.2) is 4.98 Å². The molecule has 0 atom stereocenters. The molecular weight excluding hydrogens is 361 g/mol. The number of rotatable bonds is 4. The lowest BCUT2D eigenvalue weighted by Gasteiger charge is -2.06. The van der Waals surface area contributed by atoms with Gasteiger partial charge in [0.2, 0.25) is 5.95 Å². The first-order chi connectivity index (χ1) is 10.9. The van der Waals surface area contributed by atoms with Crippen molar-refractivity contribution in [2.75, 3.05) is 11.5 Å². The number of nitrogen functional groups attached to an aromatic ring is 2. The third kappa shape index (κ3) is 3.65. The molecule has 2 aromatic heterocycles. The molecule has 0 aliphatic carbocycles. The van der Waals surface area contributed by atoms with E-state index < -0.39 is 6.61 Å². The fourth-order valence-corrected chi connectivity index (χ4v) is 4.50. The van der Waals surface area contributed by atoms with Crippen LogP contribution in [-0.4, -0.2) is 16.6 Å². The molecule has 0 bridgehead atoms. The molecular formula is C14H12F3N4OS2-. The van der Waals surface area contributed by atoms with Crippen molar-refractivity contribution in [3.8, 4) is 5.75 Å². The highest BCUT2D eigenvalue weighted by Crippen LogP contribution is 2.42. The van der Waals surface area contributed by atoms with E-state index in [0.29, 0.717) is 10.6 Å². The minimum atomic E-state index is -2.85. The van der Waals surface area contributed by atoms with Crippen LogP contribution in [0.2, 0.25) is 0 Å². The number of aromatic nitrogens is 2. The second-order valence-corrected chi connectivity index (χ2v) is 6.96. The lowest BCUT2D eigenvalue weighted by atomic mass is 10.2. The Balaban J connectivity index is 0.00000208. The summed E-state index contributed by atoms with van der Waals surface area (Å²) in [5.41, 5.74) is 12.5. The van der Waals surface area contributed by atoms with Crippen molar-refractivity contribution in [1.82, 2.24) is 9.97 Å². The molecule has 10 heteroatoms. The Labute approximate surface area is 143 Å². The van der Waals surface area contributed by atoms with Crippen molar-refractivity contribution in [2.45, 2.75) is 22.6 Å². The summed E-state index contributed by atoms with van der Waals surface area (Å²) in [7, 11) is 0. The summed E-state index contributed by atoms with van der Waals surface area (Å²) < 4.78 is 30.0. The predicted octanol–water partition coefficient (Wildman–Crippen LogP) is 0.921. The first kappa shape index (κ1) is 18.1. The van der Waals surface area contributed by atoms with E-state index in [2.05, 4.69) is 14.7 Å². The number of fused-ring (bicyclic) bond motifs is 1. The first-order valence-corrected chi connectivity index (χ1v) is 8.12. The van der Waals surface area contributed by atoms with Crippen LogP contribution in [0.5, 0.6) is 5.75 Å². The van der Waals surface area contributed by atoms with Crippen molar-refractivity contribution in [3.63, 3.8) is 0 Å². The van der Waals surface area contributed by atoms with Crippen molar-refractivity contribution < 1.29 is 18.2 Å². The van der Waals surface area contributed by atoms with Crippen molar-refractivity contribution in [1.29, 1.82) is 0 Å². The predicted molar refractivity (Wildman–Crippen MR) is 88.2 cm³/mol. The molecule has 0 radical (unpaired) electrons.